The summed E-state index contributed by atoms with van der Waals surface area (Å²) in [7, 11) is 0. The van der Waals surface area contributed by atoms with Crippen LogP contribution in [0.2, 0.25) is 0 Å². The number of rotatable bonds is 3. The van der Waals surface area contributed by atoms with E-state index in [4.69, 9.17) is 0 Å². The lowest BCUT2D eigenvalue weighted by Crippen LogP contribution is -2.63. The van der Waals surface area contributed by atoms with Crippen LogP contribution in [-0.2, 0) is 0 Å². The monoisotopic (exact) mass is 251 g/mol. The summed E-state index contributed by atoms with van der Waals surface area (Å²) in [5.74, 6) is -0.267. The second-order valence-corrected chi connectivity index (χ2v) is 5.21. The number of piperazine rings is 1. The molecular weight excluding hydrogens is 229 g/mol. The molecule has 0 bridgehead atoms. The van der Waals surface area contributed by atoms with E-state index in [1.807, 2.05) is 0 Å². The van der Waals surface area contributed by atoms with Gasteiger partial charge >= 0.3 is 0 Å². The summed E-state index contributed by atoms with van der Waals surface area (Å²) < 4.78 is 13.3. The molecule has 2 rings (SSSR count). The topological polar surface area (TPSA) is 28.2 Å². The Balaban J connectivity index is 2.25. The van der Waals surface area contributed by atoms with Crippen LogP contribution in [0, 0.1) is 5.82 Å². The lowest BCUT2D eigenvalue weighted by Gasteiger charge is -2.47. The predicted molar refractivity (Wildman–Crippen MR) is 72.3 cm³/mol. The van der Waals surface area contributed by atoms with Crippen molar-refractivity contribution in [3.63, 3.8) is 0 Å². The molecule has 1 aromatic heterocycles. The fourth-order valence-corrected chi connectivity index (χ4v) is 2.64. The van der Waals surface area contributed by atoms with Gasteiger partial charge in [0.15, 0.2) is 0 Å². The maximum absolute atomic E-state index is 13.3. The fraction of sp³-hybridized carbons (Fsp3) is 0.643. The molecule has 0 radical (unpaired) electrons. The summed E-state index contributed by atoms with van der Waals surface area (Å²) in [5.41, 5.74) is 1.02. The van der Waals surface area contributed by atoms with Crippen LogP contribution in [-0.4, -0.2) is 29.7 Å². The van der Waals surface area contributed by atoms with Gasteiger partial charge in [0.25, 0.3) is 0 Å². The van der Waals surface area contributed by atoms with Crippen molar-refractivity contribution in [2.45, 2.75) is 45.2 Å². The van der Waals surface area contributed by atoms with Crippen molar-refractivity contribution in [2.24, 2.45) is 0 Å². The molecule has 100 valence electrons. The highest BCUT2D eigenvalue weighted by Gasteiger charge is 2.35. The number of halogens is 1. The van der Waals surface area contributed by atoms with Gasteiger partial charge in [0.1, 0.15) is 5.82 Å². The Kier molecular flexibility index (Phi) is 3.85. The molecule has 0 aliphatic carbocycles. The van der Waals surface area contributed by atoms with Crippen LogP contribution >= 0.6 is 0 Å². The smallest absolute Gasteiger partial charge is 0.143 e. The van der Waals surface area contributed by atoms with E-state index in [9.17, 15) is 4.39 Å². The predicted octanol–water partition coefficient (Wildman–Crippen LogP) is 2.58. The van der Waals surface area contributed by atoms with E-state index in [1.54, 1.807) is 12.3 Å². The minimum absolute atomic E-state index is 0.138. The molecule has 18 heavy (non-hydrogen) atoms. The number of aromatic nitrogens is 1. The maximum Gasteiger partial charge on any atom is 0.143 e. The first-order valence-corrected chi connectivity index (χ1v) is 6.72. The Hall–Kier alpha value is -1.16. The van der Waals surface area contributed by atoms with Crippen LogP contribution in [0.15, 0.2) is 18.5 Å². The second kappa shape index (κ2) is 5.22. The van der Waals surface area contributed by atoms with E-state index in [1.165, 1.54) is 6.20 Å². The SMILES string of the molecule is CCC1(CC)CN(c2cncc(F)c2)C(C)CN1. The molecule has 4 heteroatoms. The molecule has 1 saturated heterocycles. The van der Waals surface area contributed by atoms with E-state index < -0.39 is 0 Å². The van der Waals surface area contributed by atoms with Crippen molar-refractivity contribution >= 4 is 5.69 Å². The van der Waals surface area contributed by atoms with Crippen LogP contribution in [0.3, 0.4) is 0 Å². The minimum atomic E-state index is -0.267. The average Bonchev–Trinajstić information content (AvgIpc) is 2.40. The molecule has 1 atom stereocenters. The molecular formula is C14H22FN3. The van der Waals surface area contributed by atoms with Gasteiger partial charge in [-0.15, -0.1) is 0 Å². The van der Waals surface area contributed by atoms with Gasteiger partial charge < -0.3 is 10.2 Å². The van der Waals surface area contributed by atoms with Crippen LogP contribution in [0.4, 0.5) is 10.1 Å². The fourth-order valence-electron chi connectivity index (χ4n) is 2.64. The Bertz CT molecular complexity index is 404. The zero-order valence-electron chi connectivity index (χ0n) is 11.4. The summed E-state index contributed by atoms with van der Waals surface area (Å²) in [4.78, 5) is 6.22. The first kappa shape index (κ1) is 13.3. The van der Waals surface area contributed by atoms with Crippen molar-refractivity contribution in [1.29, 1.82) is 0 Å². The summed E-state index contributed by atoms with van der Waals surface area (Å²) >= 11 is 0. The van der Waals surface area contributed by atoms with Crippen molar-refractivity contribution < 1.29 is 4.39 Å². The molecule has 1 fully saturated rings. The van der Waals surface area contributed by atoms with Crippen molar-refractivity contribution in [3.05, 3.63) is 24.3 Å². The summed E-state index contributed by atoms with van der Waals surface area (Å²) in [6, 6.07) is 1.94. The zero-order chi connectivity index (χ0) is 13.2. The largest absolute Gasteiger partial charge is 0.364 e. The van der Waals surface area contributed by atoms with Crippen LogP contribution in [0.5, 0.6) is 0 Å². The Labute approximate surface area is 108 Å². The molecule has 0 spiro atoms. The third-order valence-corrected chi connectivity index (χ3v) is 4.15. The molecule has 3 nitrogen and oxygen atoms in total. The van der Waals surface area contributed by atoms with Gasteiger partial charge in [-0.3, -0.25) is 4.98 Å². The minimum Gasteiger partial charge on any atom is -0.364 e. The van der Waals surface area contributed by atoms with Gasteiger partial charge in [-0.25, -0.2) is 4.39 Å². The Morgan fingerprint density at radius 2 is 2.17 bits per heavy atom. The summed E-state index contributed by atoms with van der Waals surface area (Å²) in [6.45, 7) is 8.40. The molecule has 1 N–H and O–H groups in total. The highest BCUT2D eigenvalue weighted by atomic mass is 19.1. The van der Waals surface area contributed by atoms with Crippen LogP contribution < -0.4 is 10.2 Å². The lowest BCUT2D eigenvalue weighted by molar-refractivity contribution is 0.253. The molecule has 0 amide bonds. The lowest BCUT2D eigenvalue weighted by atomic mass is 9.88. The van der Waals surface area contributed by atoms with Gasteiger partial charge in [0.2, 0.25) is 0 Å². The van der Waals surface area contributed by atoms with Crippen molar-refractivity contribution in [2.75, 3.05) is 18.0 Å². The molecule has 2 heterocycles. The third kappa shape index (κ3) is 2.48. The van der Waals surface area contributed by atoms with Gasteiger partial charge in [0.05, 0.1) is 18.1 Å². The maximum atomic E-state index is 13.3. The standard InChI is InChI=1S/C14H22FN3/c1-4-14(5-2)10-18(11(3)7-17-14)13-6-12(15)8-16-9-13/h6,8-9,11,17H,4-5,7,10H2,1-3H3. The van der Waals surface area contributed by atoms with Crippen molar-refractivity contribution in [3.8, 4) is 0 Å². The molecule has 1 aliphatic heterocycles. The van der Waals surface area contributed by atoms with E-state index >= 15 is 0 Å². The highest BCUT2D eigenvalue weighted by Crippen LogP contribution is 2.27. The molecule has 1 aliphatic rings. The van der Waals surface area contributed by atoms with Gasteiger partial charge in [-0.1, -0.05) is 13.8 Å². The Morgan fingerprint density at radius 3 is 2.78 bits per heavy atom. The first-order chi connectivity index (χ1) is 8.60. The number of nitrogens with zero attached hydrogens (tertiary/aromatic N) is 2. The average molecular weight is 251 g/mol. The highest BCUT2D eigenvalue weighted by molar-refractivity contribution is 5.46. The Morgan fingerprint density at radius 1 is 1.44 bits per heavy atom. The number of anilines is 1. The summed E-state index contributed by atoms with van der Waals surface area (Å²) in [5, 5.41) is 3.64. The molecule has 1 unspecified atom stereocenters. The number of hydrogen-bond acceptors (Lipinski definition) is 3. The third-order valence-electron chi connectivity index (χ3n) is 4.15. The molecule has 0 aromatic carbocycles. The number of nitrogens with one attached hydrogen (secondary N) is 1. The molecule has 1 aromatic rings. The van der Waals surface area contributed by atoms with Gasteiger partial charge in [0, 0.05) is 30.7 Å². The van der Waals surface area contributed by atoms with Gasteiger partial charge in [-0.05, 0) is 19.8 Å². The van der Waals surface area contributed by atoms with E-state index in [2.05, 4.69) is 36.0 Å². The van der Waals surface area contributed by atoms with Gasteiger partial charge in [-0.2, -0.15) is 0 Å². The molecule has 0 saturated carbocycles. The number of pyridine rings is 1. The normalized spacial score (nSPS) is 23.1. The van der Waals surface area contributed by atoms with Crippen LogP contribution in [0.1, 0.15) is 33.6 Å². The second-order valence-electron chi connectivity index (χ2n) is 5.21. The van der Waals surface area contributed by atoms with E-state index in [-0.39, 0.29) is 11.4 Å². The van der Waals surface area contributed by atoms with Crippen molar-refractivity contribution in [1.82, 2.24) is 10.3 Å². The van der Waals surface area contributed by atoms with E-state index in [0.29, 0.717) is 6.04 Å². The number of hydrogen-bond donors (Lipinski definition) is 1. The zero-order valence-corrected chi connectivity index (χ0v) is 11.4. The van der Waals surface area contributed by atoms with E-state index in [0.717, 1.165) is 31.6 Å². The van der Waals surface area contributed by atoms with Crippen LogP contribution in [0.25, 0.3) is 0 Å². The first-order valence-electron chi connectivity index (χ1n) is 6.72. The summed E-state index contributed by atoms with van der Waals surface area (Å²) in [6.07, 6.45) is 5.16. The quantitative estimate of drug-likeness (QED) is 0.895.